The minimum absolute atomic E-state index is 0.00587. The first-order valence-electron chi connectivity index (χ1n) is 7.48. The summed E-state index contributed by atoms with van der Waals surface area (Å²) in [5.74, 6) is -0.919. The number of carbonyl (C=O) groups excluding carboxylic acids is 1. The summed E-state index contributed by atoms with van der Waals surface area (Å²) < 4.78 is 5.73. The van der Waals surface area contributed by atoms with Gasteiger partial charge >= 0.3 is 5.69 Å². The summed E-state index contributed by atoms with van der Waals surface area (Å²) in [7, 11) is 0. The van der Waals surface area contributed by atoms with Gasteiger partial charge in [-0.2, -0.15) is 0 Å². The van der Waals surface area contributed by atoms with Gasteiger partial charge in [-0.15, -0.1) is 0 Å². The van der Waals surface area contributed by atoms with Gasteiger partial charge in [0.05, 0.1) is 29.2 Å². The maximum absolute atomic E-state index is 12.7. The van der Waals surface area contributed by atoms with Crippen molar-refractivity contribution in [3.8, 4) is 5.75 Å². The molecule has 0 bridgehead atoms. The number of fused-ring (bicyclic) bond motifs is 1. The first-order valence-corrected chi connectivity index (χ1v) is 7.48. The van der Waals surface area contributed by atoms with E-state index < -0.39 is 16.4 Å². The van der Waals surface area contributed by atoms with E-state index in [9.17, 15) is 20.0 Å². The van der Waals surface area contributed by atoms with Crippen LogP contribution in [-0.4, -0.2) is 46.1 Å². The molecule has 1 aliphatic heterocycles. The van der Waals surface area contributed by atoms with E-state index in [4.69, 9.17) is 4.74 Å². The number of hydrogen-bond donors (Lipinski definition) is 1. The Kier molecular flexibility index (Phi) is 3.98. The fourth-order valence-electron chi connectivity index (χ4n) is 3.35. The molecule has 7 heteroatoms. The number of morpholine rings is 1. The van der Waals surface area contributed by atoms with Crippen LogP contribution in [-0.2, 0) is 4.74 Å². The van der Waals surface area contributed by atoms with Crippen molar-refractivity contribution in [3.05, 3.63) is 33.9 Å². The Hall–Kier alpha value is -2.15. The van der Waals surface area contributed by atoms with Gasteiger partial charge in [-0.25, -0.2) is 0 Å². The second-order valence-corrected chi connectivity index (χ2v) is 5.69. The van der Waals surface area contributed by atoms with E-state index in [1.54, 1.807) is 4.90 Å². The molecule has 3 rings (SSSR count). The third kappa shape index (κ3) is 2.52. The molecule has 1 aliphatic carbocycles. The average molecular weight is 306 g/mol. The zero-order valence-electron chi connectivity index (χ0n) is 12.1. The topological polar surface area (TPSA) is 92.9 Å². The lowest BCUT2D eigenvalue weighted by Crippen LogP contribution is -2.54. The number of phenols is 1. The first-order chi connectivity index (χ1) is 10.6. The minimum atomic E-state index is -0.686. The number of hydrogen-bond acceptors (Lipinski definition) is 5. The summed E-state index contributed by atoms with van der Waals surface area (Å²) >= 11 is 0. The summed E-state index contributed by atoms with van der Waals surface area (Å²) in [6.07, 6.45) is 3.95. The van der Waals surface area contributed by atoms with E-state index in [2.05, 4.69) is 0 Å². The summed E-state index contributed by atoms with van der Waals surface area (Å²) in [5, 5.41) is 20.9. The second kappa shape index (κ2) is 5.92. The molecule has 1 heterocycles. The highest BCUT2D eigenvalue weighted by Crippen LogP contribution is 2.33. The number of carbonyl (C=O) groups is 1. The van der Waals surface area contributed by atoms with E-state index in [1.165, 1.54) is 18.2 Å². The van der Waals surface area contributed by atoms with Gasteiger partial charge < -0.3 is 14.7 Å². The Balaban J connectivity index is 1.90. The molecule has 118 valence electrons. The maximum Gasteiger partial charge on any atom is 0.311 e. The van der Waals surface area contributed by atoms with Gasteiger partial charge in [0.25, 0.3) is 5.91 Å². The Morgan fingerprint density at radius 3 is 2.91 bits per heavy atom. The van der Waals surface area contributed by atoms with Crippen LogP contribution in [0, 0.1) is 10.1 Å². The molecule has 2 aliphatic rings. The van der Waals surface area contributed by atoms with Gasteiger partial charge in [0.1, 0.15) is 0 Å². The van der Waals surface area contributed by atoms with Gasteiger partial charge in [-0.05, 0) is 18.9 Å². The molecule has 0 aromatic heterocycles. The summed E-state index contributed by atoms with van der Waals surface area (Å²) in [6.45, 7) is 0.907. The summed E-state index contributed by atoms with van der Waals surface area (Å²) in [4.78, 5) is 24.7. The van der Waals surface area contributed by atoms with Crippen molar-refractivity contribution in [2.75, 3.05) is 13.2 Å². The quantitative estimate of drug-likeness (QED) is 0.667. The first kappa shape index (κ1) is 14.8. The highest BCUT2D eigenvalue weighted by Gasteiger charge is 2.38. The number of benzene rings is 1. The van der Waals surface area contributed by atoms with Gasteiger partial charge in [-0.3, -0.25) is 14.9 Å². The zero-order chi connectivity index (χ0) is 15.7. The van der Waals surface area contributed by atoms with Crippen LogP contribution in [0.3, 0.4) is 0 Å². The standard InChI is InChI=1S/C15H18N2O5/c18-14-10(4-3-6-12(14)17(20)21)15(19)16-8-9-22-13-7-2-1-5-11(13)16/h3-4,6,11,13,18H,1-2,5,7-9H2. The van der Waals surface area contributed by atoms with Crippen LogP contribution in [0.1, 0.15) is 36.0 Å². The van der Waals surface area contributed by atoms with Gasteiger partial charge in [-0.1, -0.05) is 18.9 Å². The van der Waals surface area contributed by atoms with Crippen LogP contribution < -0.4 is 0 Å². The number of ether oxygens (including phenoxy) is 1. The third-order valence-corrected chi connectivity index (χ3v) is 4.43. The number of nitro groups is 1. The fraction of sp³-hybridized carbons (Fsp3) is 0.533. The molecule has 1 aromatic carbocycles. The monoisotopic (exact) mass is 306 g/mol. The van der Waals surface area contributed by atoms with E-state index in [-0.39, 0.29) is 23.6 Å². The van der Waals surface area contributed by atoms with Crippen molar-refractivity contribution in [1.29, 1.82) is 0 Å². The molecule has 1 N–H and O–H groups in total. The molecule has 2 atom stereocenters. The minimum Gasteiger partial charge on any atom is -0.502 e. The normalized spacial score (nSPS) is 24.6. The van der Waals surface area contributed by atoms with Gasteiger partial charge in [0, 0.05) is 12.6 Å². The van der Waals surface area contributed by atoms with E-state index in [0.717, 1.165) is 25.7 Å². The predicted molar refractivity (Wildman–Crippen MR) is 77.8 cm³/mol. The molecule has 22 heavy (non-hydrogen) atoms. The van der Waals surface area contributed by atoms with Crippen LogP contribution in [0.2, 0.25) is 0 Å². The number of aromatic hydroxyl groups is 1. The molecular formula is C15H18N2O5. The van der Waals surface area contributed by atoms with Crippen molar-refractivity contribution in [2.45, 2.75) is 37.8 Å². The van der Waals surface area contributed by atoms with Gasteiger partial charge in [0.15, 0.2) is 0 Å². The molecule has 2 unspecified atom stereocenters. The van der Waals surface area contributed by atoms with Crippen LogP contribution in [0.5, 0.6) is 5.75 Å². The highest BCUT2D eigenvalue weighted by molar-refractivity contribution is 5.98. The highest BCUT2D eigenvalue weighted by atomic mass is 16.6. The molecule has 7 nitrogen and oxygen atoms in total. The van der Waals surface area contributed by atoms with Crippen molar-refractivity contribution in [2.24, 2.45) is 0 Å². The molecule has 1 aromatic rings. The molecule has 0 spiro atoms. The van der Waals surface area contributed by atoms with E-state index in [0.29, 0.717) is 13.2 Å². The predicted octanol–water partition coefficient (Wildman–Crippen LogP) is 2.08. The Morgan fingerprint density at radius 1 is 1.36 bits per heavy atom. The fourth-order valence-corrected chi connectivity index (χ4v) is 3.35. The smallest absolute Gasteiger partial charge is 0.311 e. The van der Waals surface area contributed by atoms with Crippen LogP contribution in [0.4, 0.5) is 5.69 Å². The average Bonchev–Trinajstić information content (AvgIpc) is 2.53. The molecule has 1 amide bonds. The number of nitrogens with zero attached hydrogens (tertiary/aromatic N) is 2. The van der Waals surface area contributed by atoms with E-state index >= 15 is 0 Å². The number of nitro benzene ring substituents is 1. The van der Waals surface area contributed by atoms with Crippen molar-refractivity contribution in [1.82, 2.24) is 4.90 Å². The van der Waals surface area contributed by atoms with Crippen LogP contribution in [0.15, 0.2) is 18.2 Å². The second-order valence-electron chi connectivity index (χ2n) is 5.69. The molecular weight excluding hydrogens is 288 g/mol. The Morgan fingerprint density at radius 2 is 2.14 bits per heavy atom. The molecule has 1 saturated heterocycles. The number of phenolic OH excluding ortho intramolecular Hbond substituents is 1. The lowest BCUT2D eigenvalue weighted by atomic mass is 9.89. The zero-order valence-corrected chi connectivity index (χ0v) is 12.1. The van der Waals surface area contributed by atoms with Crippen molar-refractivity contribution in [3.63, 3.8) is 0 Å². The van der Waals surface area contributed by atoms with Gasteiger partial charge in [0.2, 0.25) is 5.75 Å². The third-order valence-electron chi connectivity index (χ3n) is 4.43. The molecule has 2 fully saturated rings. The summed E-state index contributed by atoms with van der Waals surface area (Å²) in [5.41, 5.74) is -0.459. The van der Waals surface area contributed by atoms with Crippen molar-refractivity contribution < 1.29 is 19.6 Å². The molecule has 0 radical (unpaired) electrons. The lowest BCUT2D eigenvalue weighted by molar-refractivity contribution is -0.385. The van der Waals surface area contributed by atoms with Crippen LogP contribution in [0.25, 0.3) is 0 Å². The number of rotatable bonds is 2. The Labute approximate surface area is 127 Å². The molecule has 1 saturated carbocycles. The lowest BCUT2D eigenvalue weighted by Gasteiger charge is -2.43. The Bertz CT molecular complexity index is 602. The van der Waals surface area contributed by atoms with Crippen LogP contribution >= 0.6 is 0 Å². The largest absolute Gasteiger partial charge is 0.502 e. The number of para-hydroxylation sites is 1. The summed E-state index contributed by atoms with van der Waals surface area (Å²) in [6, 6.07) is 4.03. The van der Waals surface area contributed by atoms with E-state index in [1.807, 2.05) is 0 Å². The number of amides is 1. The SMILES string of the molecule is O=C(c1cccc([N+](=O)[O-])c1O)N1CCOC2CCCCC21. The van der Waals surface area contributed by atoms with Crippen molar-refractivity contribution >= 4 is 11.6 Å². The maximum atomic E-state index is 12.7.